The van der Waals surface area contributed by atoms with Crippen LogP contribution in [0.3, 0.4) is 0 Å². The Morgan fingerprint density at radius 3 is 1.20 bits per heavy atom. The normalized spacial score (nSPS) is 15.3. The molecule has 40 heteroatoms. The number of hydrogen-bond acceptors (Lipinski definition) is 23. The molecular formula is C76H113N17O23. The minimum Gasteiger partial charge on any atom is -0.508 e. The first-order valence-electron chi connectivity index (χ1n) is 37.8. The van der Waals surface area contributed by atoms with E-state index in [0.29, 0.717) is 36.9 Å². The number of unbranched alkanes of at least 4 members (excludes halogenated alkanes) is 1. The summed E-state index contributed by atoms with van der Waals surface area (Å²) in [7, 11) is 0. The summed E-state index contributed by atoms with van der Waals surface area (Å²) in [6.45, 7) is 12.8. The minimum atomic E-state index is -1.95. The molecule has 0 unspecified atom stereocenters. The summed E-state index contributed by atoms with van der Waals surface area (Å²) >= 11 is 0. The van der Waals surface area contributed by atoms with E-state index in [0.717, 1.165) is 13.8 Å². The number of carboxylic acid groups (broad SMARTS) is 2. The molecule has 0 aliphatic carbocycles. The maximum Gasteiger partial charge on any atom is 0.326 e. The lowest BCUT2D eigenvalue weighted by molar-refractivity contribution is -0.143. The largest absolute Gasteiger partial charge is 0.508 e. The maximum absolute atomic E-state index is 14.8. The predicted octanol–water partition coefficient (Wildman–Crippen LogP) is -5.25. The molecule has 116 heavy (non-hydrogen) atoms. The first-order valence-corrected chi connectivity index (χ1v) is 37.8. The van der Waals surface area contributed by atoms with Crippen LogP contribution < -0.4 is 92.1 Å². The van der Waals surface area contributed by atoms with E-state index in [1.54, 1.807) is 58.0 Å². The Labute approximate surface area is 670 Å². The van der Waals surface area contributed by atoms with Crippen LogP contribution in [0.4, 0.5) is 0 Å². The van der Waals surface area contributed by atoms with Crippen LogP contribution in [0.1, 0.15) is 137 Å². The fourth-order valence-corrected chi connectivity index (χ4v) is 11.5. The van der Waals surface area contributed by atoms with Crippen molar-refractivity contribution in [1.29, 1.82) is 0 Å². The molecule has 640 valence electrons. The van der Waals surface area contributed by atoms with Gasteiger partial charge < -0.3 is 123 Å². The summed E-state index contributed by atoms with van der Waals surface area (Å²) in [6, 6.07) is -2.81. The molecule has 0 radical (unpaired) electrons. The average molecular weight is 1630 g/mol. The number of rotatable bonds is 51. The SMILES string of the molecule is CC[C@H](C)[C@H](NC(=O)[C@H](Cc1ccc(O)cc1)NC(=O)[C@@H](NC(=O)[C@H](C)NC(=O)CNC(=O)[C@@H](N)CCCCN)[C@@H](C)O)C(=O)N[C@H](C(=O)N[C@@H](Cc1ccc(O)cc1)C(=O)N[C@H](C(=O)N[C@@H](CC(N)=O)C(=O)N[C@@H](Cc1ccccc1)C(=O)N[C@@H](CC(C)C)C(=O)N[C@@H](CC(N)=O)C(=O)N[C@@H](CCC(=O)O)C(=O)O)C(C)C)[C@@H](C)O. The molecule has 15 amide bonds. The maximum atomic E-state index is 14.8. The summed E-state index contributed by atoms with van der Waals surface area (Å²) in [4.78, 5) is 231. The smallest absolute Gasteiger partial charge is 0.326 e. The van der Waals surface area contributed by atoms with Crippen molar-refractivity contribution < 1.29 is 112 Å². The second kappa shape index (κ2) is 49.0. The number of phenolic OH excluding ortho intramolecular Hbond substituents is 2. The Kier molecular flexibility index (Phi) is 41.5. The first-order chi connectivity index (χ1) is 54.4. The van der Waals surface area contributed by atoms with Crippen molar-refractivity contribution in [2.24, 2.45) is 40.7 Å². The Morgan fingerprint density at radius 2 is 0.776 bits per heavy atom. The zero-order valence-electron chi connectivity index (χ0n) is 66.2. The van der Waals surface area contributed by atoms with Gasteiger partial charge in [-0.15, -0.1) is 0 Å². The molecule has 0 heterocycles. The number of carboxylic acids is 2. The summed E-state index contributed by atoms with van der Waals surface area (Å²) in [5.41, 5.74) is 23.5. The van der Waals surface area contributed by atoms with Gasteiger partial charge in [-0.3, -0.25) is 76.7 Å². The van der Waals surface area contributed by atoms with Gasteiger partial charge in [0.15, 0.2) is 0 Å². The number of primary amides is 2. The van der Waals surface area contributed by atoms with Gasteiger partial charge in [0.1, 0.15) is 84.0 Å². The van der Waals surface area contributed by atoms with Crippen molar-refractivity contribution in [1.82, 2.24) is 69.1 Å². The molecule has 27 N–H and O–H groups in total. The second-order valence-corrected chi connectivity index (χ2v) is 29.1. The predicted molar refractivity (Wildman–Crippen MR) is 416 cm³/mol. The highest BCUT2D eigenvalue weighted by Crippen LogP contribution is 2.18. The van der Waals surface area contributed by atoms with Crippen molar-refractivity contribution in [3.8, 4) is 11.5 Å². The van der Waals surface area contributed by atoms with Crippen LogP contribution in [-0.2, 0) is 101 Å². The van der Waals surface area contributed by atoms with Gasteiger partial charge in [-0.25, -0.2) is 4.79 Å². The molecule has 0 aliphatic rings. The average Bonchev–Trinajstić information content (AvgIpc) is 0.845. The molecule has 40 nitrogen and oxygen atoms in total. The van der Waals surface area contributed by atoms with Crippen molar-refractivity contribution >= 4 is 101 Å². The number of phenols is 2. The summed E-state index contributed by atoms with van der Waals surface area (Å²) < 4.78 is 0. The van der Waals surface area contributed by atoms with E-state index in [2.05, 4.69) is 69.1 Å². The quantitative estimate of drug-likeness (QED) is 0.0235. The standard InChI is InChI=1S/C76H113N17O23/c1-10-39(6)61(91-71(110)53(33-45-21-25-47(97)26-22-45)88-74(113)62(41(8)94)92-64(103)40(7)82-58(100)36-81-65(104)48(78)18-14-15-29-77)73(112)93-63(42(9)95)75(114)87-52(32-44-19-23-46(96)24-20-44)70(109)90-60(38(4)5)72(111)89-55(35-57(80)99)69(108)85-51(31-43-16-12-11-13-17-43)67(106)84-50(30-37(2)3)66(105)86-54(34-56(79)98)68(107)83-49(76(115)116)27-28-59(101)102/h11-13,16-17,19-26,37-42,48-55,60-63,94-97H,10,14-15,18,27-36,77-78H2,1-9H3,(H2,79,98)(H2,80,99)(H,81,104)(H,82,100)(H,83,107)(H,84,106)(H,85,108)(H,86,105)(H,87,114)(H,88,113)(H,89,111)(H,90,109)(H,91,110)(H,92,103)(H,93,112)(H,101,102)(H,115,116)/t39-,40-,41+,42+,48-,49-,50-,51-,52-,53-,54-,55-,60-,61-,62-,63-/m0/s1. The van der Waals surface area contributed by atoms with Gasteiger partial charge in [-0.05, 0) is 112 Å². The van der Waals surface area contributed by atoms with Crippen LogP contribution in [0, 0.1) is 17.8 Å². The fourth-order valence-electron chi connectivity index (χ4n) is 11.5. The highest BCUT2D eigenvalue weighted by atomic mass is 16.4. The third kappa shape index (κ3) is 34.8. The number of nitrogens with one attached hydrogen (secondary N) is 13. The lowest BCUT2D eigenvalue weighted by Gasteiger charge is -2.31. The van der Waals surface area contributed by atoms with Crippen LogP contribution in [-0.4, -0.2) is 235 Å². The third-order valence-electron chi connectivity index (χ3n) is 18.3. The molecule has 0 aromatic heterocycles. The Hall–Kier alpha value is -11.9. The van der Waals surface area contributed by atoms with Crippen LogP contribution in [0.25, 0.3) is 0 Å². The molecule has 0 saturated carbocycles. The molecule has 0 bridgehead atoms. The van der Waals surface area contributed by atoms with E-state index in [1.807, 2.05) is 0 Å². The number of hydrogen-bond donors (Lipinski definition) is 23. The van der Waals surface area contributed by atoms with Crippen LogP contribution >= 0.6 is 0 Å². The van der Waals surface area contributed by atoms with E-state index in [9.17, 15) is 107 Å². The number of carbonyl (C=O) groups excluding carboxylic acids is 15. The number of amides is 15. The molecular weight excluding hydrogens is 1520 g/mol. The number of benzene rings is 3. The van der Waals surface area contributed by atoms with Crippen molar-refractivity contribution in [2.45, 2.75) is 230 Å². The van der Waals surface area contributed by atoms with E-state index in [1.165, 1.54) is 69.3 Å². The number of aliphatic hydroxyl groups excluding tert-OH is 2. The van der Waals surface area contributed by atoms with E-state index in [4.69, 9.17) is 28.0 Å². The van der Waals surface area contributed by atoms with Crippen LogP contribution in [0.2, 0.25) is 0 Å². The molecule has 0 aliphatic heterocycles. The van der Waals surface area contributed by atoms with E-state index in [-0.39, 0.29) is 42.7 Å². The number of aliphatic hydroxyl groups is 2. The van der Waals surface area contributed by atoms with Gasteiger partial charge in [0.05, 0.1) is 37.6 Å². The summed E-state index contributed by atoms with van der Waals surface area (Å²) in [5.74, 6) is -21.5. The fraction of sp³-hybridized carbons (Fsp3) is 0.539. The molecule has 3 rings (SSSR count). The number of aliphatic carboxylic acids is 2. The summed E-state index contributed by atoms with van der Waals surface area (Å²) in [6.07, 6.45) is -6.15. The van der Waals surface area contributed by atoms with Crippen LogP contribution in [0.15, 0.2) is 78.9 Å². The van der Waals surface area contributed by atoms with Gasteiger partial charge in [0.2, 0.25) is 88.6 Å². The first kappa shape index (κ1) is 98.3. The highest BCUT2D eigenvalue weighted by molar-refractivity contribution is 6.01. The highest BCUT2D eigenvalue weighted by Gasteiger charge is 2.40. The second-order valence-electron chi connectivity index (χ2n) is 29.1. The van der Waals surface area contributed by atoms with Gasteiger partial charge in [0, 0.05) is 25.7 Å². The zero-order chi connectivity index (χ0) is 87.4. The molecule has 3 aromatic carbocycles. The molecule has 0 fully saturated rings. The van der Waals surface area contributed by atoms with Crippen LogP contribution in [0.5, 0.6) is 11.5 Å². The minimum absolute atomic E-state index is 0.164. The van der Waals surface area contributed by atoms with Crippen molar-refractivity contribution in [2.75, 3.05) is 13.1 Å². The topological polar surface area (TPSA) is 672 Å². The number of nitrogens with two attached hydrogens (primary N) is 4. The van der Waals surface area contributed by atoms with Crippen molar-refractivity contribution in [3.63, 3.8) is 0 Å². The molecule has 0 saturated heterocycles. The molecule has 0 spiro atoms. The van der Waals surface area contributed by atoms with Crippen molar-refractivity contribution in [3.05, 3.63) is 95.6 Å². The van der Waals surface area contributed by atoms with Gasteiger partial charge in [-0.2, -0.15) is 0 Å². The molecule has 16 atom stereocenters. The third-order valence-corrected chi connectivity index (χ3v) is 18.3. The Balaban J connectivity index is 1.98. The lowest BCUT2D eigenvalue weighted by atomic mass is 9.96. The van der Waals surface area contributed by atoms with Gasteiger partial charge >= 0.3 is 11.9 Å². The zero-order valence-corrected chi connectivity index (χ0v) is 66.2. The summed E-state index contributed by atoms with van der Waals surface area (Å²) in [5, 5.41) is 92.6. The van der Waals surface area contributed by atoms with E-state index >= 15 is 0 Å². The van der Waals surface area contributed by atoms with Gasteiger partial charge in [0.25, 0.3) is 0 Å². The molecule has 3 aromatic rings. The number of aromatic hydroxyl groups is 2. The number of carbonyl (C=O) groups is 17. The van der Waals surface area contributed by atoms with Gasteiger partial charge in [-0.1, -0.05) is 109 Å². The Morgan fingerprint density at radius 1 is 0.405 bits per heavy atom. The monoisotopic (exact) mass is 1630 g/mol. The Bertz CT molecular complexity index is 3870. The lowest BCUT2D eigenvalue weighted by Crippen LogP contribution is -2.63. The van der Waals surface area contributed by atoms with E-state index < -0.39 is 248 Å².